The first kappa shape index (κ1) is 11.6. The van der Waals surface area contributed by atoms with E-state index in [2.05, 4.69) is 32.9 Å². The van der Waals surface area contributed by atoms with E-state index < -0.39 is 4.92 Å². The van der Waals surface area contributed by atoms with Crippen LogP contribution in [0.1, 0.15) is 0 Å². The zero-order valence-electron chi connectivity index (χ0n) is 8.45. The predicted molar refractivity (Wildman–Crippen MR) is 61.3 cm³/mol. The second-order valence-corrected chi connectivity index (χ2v) is 3.64. The number of rotatable bonds is 4. The Kier molecular flexibility index (Phi) is 3.11. The average Bonchev–Trinajstić information content (AvgIpc) is 2.74. The minimum atomic E-state index is -0.584. The van der Waals surface area contributed by atoms with Crippen molar-refractivity contribution < 1.29 is 14.7 Å². The first-order valence-electron chi connectivity index (χ1n) is 4.62. The van der Waals surface area contributed by atoms with Crippen molar-refractivity contribution in [1.29, 1.82) is 0 Å². The van der Waals surface area contributed by atoms with Gasteiger partial charge in [0.15, 0.2) is 5.52 Å². The van der Waals surface area contributed by atoms with Gasteiger partial charge in [-0.1, -0.05) is 0 Å². The molecule has 1 aromatic heterocycles. The predicted octanol–water partition coefficient (Wildman–Crippen LogP) is 0.824. The van der Waals surface area contributed by atoms with Gasteiger partial charge in [0, 0.05) is 11.4 Å². The second kappa shape index (κ2) is 4.55. The molecule has 9 heteroatoms. The Bertz CT molecular complexity index is 570. The van der Waals surface area contributed by atoms with E-state index >= 15 is 0 Å². The summed E-state index contributed by atoms with van der Waals surface area (Å²) in [4.78, 5) is 10.8. The van der Waals surface area contributed by atoms with E-state index in [1.165, 1.54) is 6.07 Å². The van der Waals surface area contributed by atoms with Crippen LogP contribution in [0.15, 0.2) is 15.6 Å². The molecule has 0 bridgehead atoms. The van der Waals surface area contributed by atoms with E-state index in [1.807, 2.05) is 0 Å². The van der Waals surface area contributed by atoms with Crippen molar-refractivity contribution in [2.24, 2.45) is 0 Å². The SMILES string of the molecule is O=[N+]([O-])c1c(NCCO)cc(S)c2nonc12. The number of nitro benzene ring substituents is 1. The topological polar surface area (TPSA) is 114 Å². The Morgan fingerprint density at radius 1 is 1.53 bits per heavy atom. The molecule has 1 heterocycles. The number of benzene rings is 1. The van der Waals surface area contributed by atoms with Gasteiger partial charge in [-0.25, -0.2) is 4.63 Å². The Morgan fingerprint density at radius 3 is 2.88 bits per heavy atom. The number of nitrogens with zero attached hydrogens (tertiary/aromatic N) is 3. The highest BCUT2D eigenvalue weighted by atomic mass is 32.1. The van der Waals surface area contributed by atoms with Crippen LogP contribution in [0.3, 0.4) is 0 Å². The maximum atomic E-state index is 11.0. The average molecular weight is 256 g/mol. The molecule has 0 atom stereocenters. The molecule has 2 aromatic rings. The van der Waals surface area contributed by atoms with Gasteiger partial charge in [0.05, 0.1) is 11.5 Å². The lowest BCUT2D eigenvalue weighted by atomic mass is 10.2. The van der Waals surface area contributed by atoms with Crippen LogP contribution in [0.25, 0.3) is 11.0 Å². The number of thiol groups is 1. The third kappa shape index (κ3) is 2.01. The van der Waals surface area contributed by atoms with E-state index in [4.69, 9.17) is 5.11 Å². The van der Waals surface area contributed by atoms with Crippen molar-refractivity contribution in [3.63, 3.8) is 0 Å². The lowest BCUT2D eigenvalue weighted by molar-refractivity contribution is -0.382. The number of hydrogen-bond acceptors (Lipinski definition) is 8. The van der Waals surface area contributed by atoms with E-state index in [1.54, 1.807) is 0 Å². The van der Waals surface area contributed by atoms with Gasteiger partial charge in [0.1, 0.15) is 5.69 Å². The molecule has 2 rings (SSSR count). The van der Waals surface area contributed by atoms with Crippen molar-refractivity contribution in [2.45, 2.75) is 4.90 Å². The van der Waals surface area contributed by atoms with Crippen LogP contribution < -0.4 is 5.32 Å². The fraction of sp³-hybridized carbons (Fsp3) is 0.250. The Hall–Kier alpha value is -1.87. The fourth-order valence-corrected chi connectivity index (χ4v) is 1.70. The number of hydrogen-bond donors (Lipinski definition) is 3. The van der Waals surface area contributed by atoms with Crippen LogP contribution in [-0.2, 0) is 0 Å². The molecule has 17 heavy (non-hydrogen) atoms. The first-order valence-corrected chi connectivity index (χ1v) is 5.07. The van der Waals surface area contributed by atoms with Crippen LogP contribution in [0.4, 0.5) is 11.4 Å². The second-order valence-electron chi connectivity index (χ2n) is 3.16. The highest BCUT2D eigenvalue weighted by molar-refractivity contribution is 7.80. The number of anilines is 1. The number of aromatic nitrogens is 2. The van der Waals surface area contributed by atoms with Crippen molar-refractivity contribution in [3.8, 4) is 0 Å². The molecule has 0 amide bonds. The Labute approximate surface area is 100 Å². The quantitative estimate of drug-likeness (QED) is 0.421. The minimum absolute atomic E-state index is 0.0305. The van der Waals surface area contributed by atoms with Gasteiger partial charge >= 0.3 is 5.69 Å². The van der Waals surface area contributed by atoms with E-state index in [9.17, 15) is 10.1 Å². The van der Waals surface area contributed by atoms with Gasteiger partial charge < -0.3 is 10.4 Å². The summed E-state index contributed by atoms with van der Waals surface area (Å²) < 4.78 is 4.47. The molecule has 0 saturated heterocycles. The van der Waals surface area contributed by atoms with Gasteiger partial charge in [-0.2, -0.15) is 0 Å². The molecule has 0 aliphatic rings. The number of aliphatic hydroxyl groups is 1. The van der Waals surface area contributed by atoms with Gasteiger partial charge in [-0.15, -0.1) is 12.6 Å². The summed E-state index contributed by atoms with van der Waals surface area (Å²) in [6.45, 7) is 0.0407. The summed E-state index contributed by atoms with van der Waals surface area (Å²) in [7, 11) is 0. The molecule has 0 aliphatic carbocycles. The molecular weight excluding hydrogens is 248 g/mol. The van der Waals surface area contributed by atoms with Crippen LogP contribution >= 0.6 is 12.6 Å². The van der Waals surface area contributed by atoms with E-state index in [-0.39, 0.29) is 35.6 Å². The van der Waals surface area contributed by atoms with Crippen molar-refractivity contribution in [2.75, 3.05) is 18.5 Å². The number of aliphatic hydroxyl groups excluding tert-OH is 1. The summed E-state index contributed by atoms with van der Waals surface area (Å²) in [6.07, 6.45) is 0. The molecule has 0 fully saturated rings. The number of nitrogens with one attached hydrogen (secondary N) is 1. The molecule has 0 aliphatic heterocycles. The molecule has 8 nitrogen and oxygen atoms in total. The third-order valence-electron chi connectivity index (χ3n) is 2.10. The highest BCUT2D eigenvalue weighted by Crippen LogP contribution is 2.35. The summed E-state index contributed by atoms with van der Waals surface area (Å²) in [5, 5.41) is 29.4. The van der Waals surface area contributed by atoms with Crippen LogP contribution in [0.5, 0.6) is 0 Å². The maximum absolute atomic E-state index is 11.0. The molecule has 0 radical (unpaired) electrons. The van der Waals surface area contributed by atoms with Gasteiger partial charge in [-0.05, 0) is 16.4 Å². The largest absolute Gasteiger partial charge is 0.395 e. The van der Waals surface area contributed by atoms with Crippen molar-refractivity contribution >= 4 is 35.0 Å². The van der Waals surface area contributed by atoms with Crippen LogP contribution in [0, 0.1) is 10.1 Å². The van der Waals surface area contributed by atoms with E-state index in [0.29, 0.717) is 4.90 Å². The summed E-state index contributed by atoms with van der Waals surface area (Å²) in [5.41, 5.74) is 0.238. The Morgan fingerprint density at radius 2 is 2.24 bits per heavy atom. The lowest BCUT2D eigenvalue weighted by Crippen LogP contribution is -2.08. The van der Waals surface area contributed by atoms with Crippen LogP contribution in [0.2, 0.25) is 0 Å². The summed E-state index contributed by atoms with van der Waals surface area (Å²) >= 11 is 4.14. The maximum Gasteiger partial charge on any atom is 0.323 e. The van der Waals surface area contributed by atoms with Gasteiger partial charge in [0.25, 0.3) is 0 Å². The summed E-state index contributed by atoms with van der Waals surface area (Å²) in [5.74, 6) is 0. The zero-order chi connectivity index (χ0) is 12.4. The van der Waals surface area contributed by atoms with Crippen molar-refractivity contribution in [1.82, 2.24) is 10.3 Å². The minimum Gasteiger partial charge on any atom is -0.395 e. The standard InChI is InChI=1S/C8H8N4O4S/c13-2-1-9-4-3-5(17)6-7(11-16-10-6)8(4)12(14)15/h3,9,13,17H,1-2H2. The molecule has 2 N–H and O–H groups in total. The molecule has 0 spiro atoms. The zero-order valence-corrected chi connectivity index (χ0v) is 9.35. The molecule has 0 unspecified atom stereocenters. The van der Waals surface area contributed by atoms with E-state index in [0.717, 1.165) is 0 Å². The van der Waals surface area contributed by atoms with Crippen molar-refractivity contribution in [3.05, 3.63) is 16.2 Å². The third-order valence-corrected chi connectivity index (χ3v) is 2.44. The van der Waals surface area contributed by atoms with Gasteiger partial charge in [-0.3, -0.25) is 10.1 Å². The molecule has 0 saturated carbocycles. The Balaban J connectivity index is 2.64. The molecule has 90 valence electrons. The number of nitro groups is 1. The smallest absolute Gasteiger partial charge is 0.323 e. The molecule has 1 aromatic carbocycles. The number of fused-ring (bicyclic) bond motifs is 1. The van der Waals surface area contributed by atoms with Gasteiger partial charge in [0.2, 0.25) is 5.52 Å². The fourth-order valence-electron chi connectivity index (χ4n) is 1.42. The van der Waals surface area contributed by atoms with Crippen LogP contribution in [-0.4, -0.2) is 33.5 Å². The highest BCUT2D eigenvalue weighted by Gasteiger charge is 2.24. The first-order chi connectivity index (χ1) is 8.15. The lowest BCUT2D eigenvalue weighted by Gasteiger charge is -2.05. The summed E-state index contributed by atoms with van der Waals surface area (Å²) in [6, 6.07) is 1.45. The monoisotopic (exact) mass is 256 g/mol. The normalized spacial score (nSPS) is 10.7. The molecular formula is C8H8N4O4S.